The van der Waals surface area contributed by atoms with Gasteiger partial charge in [-0.3, -0.25) is 4.79 Å². The van der Waals surface area contributed by atoms with Crippen molar-refractivity contribution in [1.29, 1.82) is 0 Å². The normalized spacial score (nSPS) is 10.8. The number of hydrogen-bond acceptors (Lipinski definition) is 4. The van der Waals surface area contributed by atoms with E-state index in [1.54, 1.807) is 10.9 Å². The summed E-state index contributed by atoms with van der Waals surface area (Å²) in [6, 6.07) is 9.96. The zero-order chi connectivity index (χ0) is 15.1. The maximum absolute atomic E-state index is 11.9. The van der Waals surface area contributed by atoms with E-state index in [1.165, 1.54) is 0 Å². The highest BCUT2D eigenvalue weighted by molar-refractivity contribution is 5.91. The van der Waals surface area contributed by atoms with Crippen LogP contribution in [-0.2, 0) is 6.54 Å². The van der Waals surface area contributed by atoms with Crippen LogP contribution in [0.5, 0.6) is 0 Å². The van der Waals surface area contributed by atoms with Crippen molar-refractivity contribution in [2.75, 3.05) is 27.2 Å². The number of benzene rings is 1. The number of nitrogens with one attached hydrogen (secondary N) is 1. The molecular weight excluding hydrogens is 266 g/mol. The highest BCUT2D eigenvalue weighted by Gasteiger charge is 2.10. The van der Waals surface area contributed by atoms with Gasteiger partial charge < -0.3 is 10.2 Å². The summed E-state index contributed by atoms with van der Waals surface area (Å²) in [4.78, 5) is 14.0. The Labute approximate surface area is 124 Å². The number of aromatic nitrogens is 3. The summed E-state index contributed by atoms with van der Waals surface area (Å²) in [6.07, 6.45) is 2.59. The first-order valence-corrected chi connectivity index (χ1v) is 7.02. The minimum Gasteiger partial charge on any atom is -0.351 e. The molecule has 0 saturated heterocycles. The molecule has 0 aliphatic heterocycles. The van der Waals surface area contributed by atoms with Gasteiger partial charge in [0.05, 0.1) is 12.7 Å². The molecule has 0 aliphatic carbocycles. The van der Waals surface area contributed by atoms with Crippen LogP contribution >= 0.6 is 0 Å². The van der Waals surface area contributed by atoms with Gasteiger partial charge in [0.1, 0.15) is 0 Å². The van der Waals surface area contributed by atoms with E-state index in [0.717, 1.165) is 18.5 Å². The first-order valence-electron chi connectivity index (χ1n) is 7.02. The van der Waals surface area contributed by atoms with Crippen LogP contribution in [0.4, 0.5) is 0 Å². The summed E-state index contributed by atoms with van der Waals surface area (Å²) in [5.74, 6) is -0.173. The van der Waals surface area contributed by atoms with Gasteiger partial charge in [0, 0.05) is 6.54 Å². The van der Waals surface area contributed by atoms with Crippen LogP contribution in [0.1, 0.15) is 22.5 Å². The highest BCUT2D eigenvalue weighted by atomic mass is 16.2. The van der Waals surface area contributed by atoms with E-state index in [0.29, 0.717) is 18.8 Å². The fraction of sp³-hybridized carbons (Fsp3) is 0.400. The largest absolute Gasteiger partial charge is 0.351 e. The van der Waals surface area contributed by atoms with Gasteiger partial charge in [0.2, 0.25) is 0 Å². The summed E-state index contributed by atoms with van der Waals surface area (Å²) in [7, 11) is 4.02. The van der Waals surface area contributed by atoms with Crippen LogP contribution in [0.25, 0.3) is 0 Å². The van der Waals surface area contributed by atoms with Crippen molar-refractivity contribution in [3.8, 4) is 0 Å². The van der Waals surface area contributed by atoms with E-state index in [9.17, 15) is 4.79 Å². The lowest BCUT2D eigenvalue weighted by molar-refractivity contribution is 0.0947. The number of carbonyl (C=O) groups excluding carboxylic acids is 1. The van der Waals surface area contributed by atoms with Gasteiger partial charge in [-0.15, -0.1) is 5.10 Å². The van der Waals surface area contributed by atoms with Gasteiger partial charge >= 0.3 is 0 Å². The van der Waals surface area contributed by atoms with E-state index in [-0.39, 0.29) is 5.91 Å². The van der Waals surface area contributed by atoms with Crippen molar-refractivity contribution in [3.63, 3.8) is 0 Å². The molecule has 1 amide bonds. The van der Waals surface area contributed by atoms with Crippen LogP contribution in [-0.4, -0.2) is 53.0 Å². The molecule has 2 aromatic rings. The molecule has 0 spiro atoms. The third kappa shape index (κ3) is 5.00. The second-order valence-electron chi connectivity index (χ2n) is 5.20. The molecule has 21 heavy (non-hydrogen) atoms. The summed E-state index contributed by atoms with van der Waals surface area (Å²) < 4.78 is 1.67. The number of rotatable bonds is 7. The van der Waals surface area contributed by atoms with Gasteiger partial charge in [-0.05, 0) is 32.6 Å². The van der Waals surface area contributed by atoms with Crippen molar-refractivity contribution in [3.05, 3.63) is 47.8 Å². The van der Waals surface area contributed by atoms with Crippen molar-refractivity contribution in [2.45, 2.75) is 13.0 Å². The molecule has 1 aromatic carbocycles. The molecule has 0 aliphatic rings. The molecular formula is C15H21N5O. The number of amides is 1. The molecule has 1 heterocycles. The Balaban J connectivity index is 1.83. The Morgan fingerprint density at radius 2 is 2.05 bits per heavy atom. The quantitative estimate of drug-likeness (QED) is 0.772. The lowest BCUT2D eigenvalue weighted by Gasteiger charge is -2.08. The molecule has 1 aromatic heterocycles. The Morgan fingerprint density at radius 3 is 2.76 bits per heavy atom. The fourth-order valence-electron chi connectivity index (χ4n) is 1.94. The number of hydrogen-bond donors (Lipinski definition) is 1. The Bertz CT molecular complexity index is 564. The zero-order valence-electron chi connectivity index (χ0n) is 12.5. The maximum Gasteiger partial charge on any atom is 0.273 e. The van der Waals surface area contributed by atoms with E-state index >= 15 is 0 Å². The van der Waals surface area contributed by atoms with E-state index < -0.39 is 0 Å². The van der Waals surface area contributed by atoms with Crippen molar-refractivity contribution >= 4 is 5.91 Å². The minimum absolute atomic E-state index is 0.173. The smallest absolute Gasteiger partial charge is 0.273 e. The summed E-state index contributed by atoms with van der Waals surface area (Å²) in [5.41, 5.74) is 1.48. The molecule has 6 heteroatoms. The number of nitrogens with zero attached hydrogens (tertiary/aromatic N) is 4. The van der Waals surface area contributed by atoms with Crippen LogP contribution < -0.4 is 5.32 Å². The van der Waals surface area contributed by atoms with Gasteiger partial charge in [-0.2, -0.15) is 0 Å². The molecule has 0 fully saturated rings. The van der Waals surface area contributed by atoms with Gasteiger partial charge in [-0.1, -0.05) is 35.5 Å². The van der Waals surface area contributed by atoms with E-state index in [2.05, 4.69) is 20.5 Å². The molecule has 0 atom stereocenters. The molecule has 6 nitrogen and oxygen atoms in total. The number of carbonyl (C=O) groups is 1. The first-order chi connectivity index (χ1) is 10.1. The van der Waals surface area contributed by atoms with Crippen molar-refractivity contribution < 1.29 is 4.79 Å². The predicted octanol–water partition coefficient (Wildman–Crippen LogP) is 1.01. The molecule has 112 valence electrons. The lowest BCUT2D eigenvalue weighted by atomic mass is 10.2. The predicted molar refractivity (Wildman–Crippen MR) is 81.1 cm³/mol. The van der Waals surface area contributed by atoms with Gasteiger partial charge in [0.25, 0.3) is 5.91 Å². The highest BCUT2D eigenvalue weighted by Crippen LogP contribution is 2.02. The summed E-state index contributed by atoms with van der Waals surface area (Å²) in [5, 5.41) is 10.8. The summed E-state index contributed by atoms with van der Waals surface area (Å²) >= 11 is 0. The lowest BCUT2D eigenvalue weighted by Crippen LogP contribution is -2.27. The fourth-order valence-corrected chi connectivity index (χ4v) is 1.94. The van der Waals surface area contributed by atoms with Gasteiger partial charge in [-0.25, -0.2) is 4.68 Å². The first kappa shape index (κ1) is 15.2. The Hall–Kier alpha value is -2.21. The van der Waals surface area contributed by atoms with E-state index in [1.807, 2.05) is 44.4 Å². The van der Waals surface area contributed by atoms with E-state index in [4.69, 9.17) is 0 Å². The van der Waals surface area contributed by atoms with Crippen LogP contribution in [0.3, 0.4) is 0 Å². The average molecular weight is 287 g/mol. The van der Waals surface area contributed by atoms with Crippen molar-refractivity contribution in [1.82, 2.24) is 25.2 Å². The molecule has 0 radical (unpaired) electrons. The molecule has 2 rings (SSSR count). The zero-order valence-corrected chi connectivity index (χ0v) is 12.5. The standard InChI is InChI=1S/C15H21N5O/c1-19(2)10-6-9-16-15(21)14-12-20(18-17-14)11-13-7-4-3-5-8-13/h3-5,7-8,12H,6,9-11H2,1-2H3,(H,16,21). The van der Waals surface area contributed by atoms with Crippen LogP contribution in [0.15, 0.2) is 36.5 Å². The second kappa shape index (κ2) is 7.54. The van der Waals surface area contributed by atoms with Crippen LogP contribution in [0, 0.1) is 0 Å². The van der Waals surface area contributed by atoms with Gasteiger partial charge in [0.15, 0.2) is 5.69 Å². The van der Waals surface area contributed by atoms with Crippen LogP contribution in [0.2, 0.25) is 0 Å². The van der Waals surface area contributed by atoms with Crippen molar-refractivity contribution in [2.24, 2.45) is 0 Å². The Kier molecular flexibility index (Phi) is 5.45. The molecule has 0 unspecified atom stereocenters. The minimum atomic E-state index is -0.173. The third-order valence-electron chi connectivity index (χ3n) is 3.03. The SMILES string of the molecule is CN(C)CCCNC(=O)c1cn(Cc2ccccc2)nn1. The average Bonchev–Trinajstić information content (AvgIpc) is 2.93. The molecule has 0 bridgehead atoms. The maximum atomic E-state index is 11.9. The topological polar surface area (TPSA) is 63.1 Å². The Morgan fingerprint density at radius 1 is 1.29 bits per heavy atom. The monoisotopic (exact) mass is 287 g/mol. The molecule has 1 N–H and O–H groups in total. The second-order valence-corrected chi connectivity index (χ2v) is 5.20. The summed E-state index contributed by atoms with van der Waals surface area (Å²) in [6.45, 7) is 2.20. The third-order valence-corrected chi connectivity index (χ3v) is 3.03. The molecule has 0 saturated carbocycles.